The van der Waals surface area contributed by atoms with E-state index in [2.05, 4.69) is 24.4 Å². The summed E-state index contributed by atoms with van der Waals surface area (Å²) < 4.78 is 36.4. The number of nitrogens with one attached hydrogen (secondary N) is 1. The van der Waals surface area contributed by atoms with Crippen molar-refractivity contribution in [1.82, 2.24) is 5.32 Å². The Morgan fingerprint density at radius 3 is 2.37 bits per heavy atom. The van der Waals surface area contributed by atoms with Crippen LogP contribution in [0.25, 0.3) is 0 Å². The van der Waals surface area contributed by atoms with Crippen LogP contribution < -0.4 is 14.8 Å². The van der Waals surface area contributed by atoms with Crippen LogP contribution >= 0.6 is 0 Å². The lowest BCUT2D eigenvalue weighted by atomic mass is 10.1. The highest BCUT2D eigenvalue weighted by Crippen LogP contribution is 2.29. The summed E-state index contributed by atoms with van der Waals surface area (Å²) in [5, 5.41) is 3.01. The second-order valence-electron chi connectivity index (χ2n) is 7.80. The molecule has 0 amide bonds. The van der Waals surface area contributed by atoms with E-state index in [1.807, 2.05) is 36.4 Å². The van der Waals surface area contributed by atoms with Crippen LogP contribution in [0.2, 0.25) is 0 Å². The van der Waals surface area contributed by atoms with E-state index < -0.39 is 9.84 Å². The van der Waals surface area contributed by atoms with Crippen molar-refractivity contribution in [3.8, 4) is 11.5 Å². The predicted octanol–water partition coefficient (Wildman–Crippen LogP) is 4.05. The molecule has 0 aliphatic heterocycles. The van der Waals surface area contributed by atoms with E-state index in [4.69, 9.17) is 9.47 Å². The summed E-state index contributed by atoms with van der Waals surface area (Å²) in [5.74, 6) is 1.49. The van der Waals surface area contributed by atoms with Gasteiger partial charge >= 0.3 is 0 Å². The van der Waals surface area contributed by atoms with E-state index in [1.54, 1.807) is 21.0 Å². The third-order valence-electron chi connectivity index (χ3n) is 5.04. The molecule has 1 N–H and O–H groups in total. The second kappa shape index (κ2) is 12.0. The largest absolute Gasteiger partial charge is 0.493 e. The summed E-state index contributed by atoms with van der Waals surface area (Å²) >= 11 is 0. The fourth-order valence-electron chi connectivity index (χ4n) is 3.18. The van der Waals surface area contributed by atoms with Gasteiger partial charge in [-0.3, -0.25) is 0 Å². The van der Waals surface area contributed by atoms with Gasteiger partial charge in [0.15, 0.2) is 21.3 Å². The van der Waals surface area contributed by atoms with Crippen molar-refractivity contribution >= 4 is 9.84 Å². The molecule has 0 aromatic heterocycles. The van der Waals surface area contributed by atoms with Crippen LogP contribution in [-0.4, -0.2) is 45.7 Å². The molecule has 0 saturated heterocycles. The van der Waals surface area contributed by atoms with Gasteiger partial charge in [0, 0.05) is 12.5 Å². The Balaban J connectivity index is 2.09. The summed E-state index contributed by atoms with van der Waals surface area (Å²) in [7, 11) is -1.51. The fraction of sp³-hybridized carbons (Fsp3) is 0.500. The lowest BCUT2D eigenvalue weighted by molar-refractivity contribution is 0.297. The van der Waals surface area contributed by atoms with Crippen molar-refractivity contribution in [2.24, 2.45) is 0 Å². The molecule has 0 aliphatic carbocycles. The first-order valence-electron chi connectivity index (χ1n) is 10.6. The molecule has 2 aromatic rings. The van der Waals surface area contributed by atoms with Crippen molar-refractivity contribution in [3.05, 3.63) is 59.7 Å². The summed E-state index contributed by atoms with van der Waals surface area (Å²) in [6, 6.07) is 15.9. The lowest BCUT2D eigenvalue weighted by Gasteiger charge is -2.21. The number of rotatable bonds is 13. The van der Waals surface area contributed by atoms with Gasteiger partial charge in [-0.2, -0.15) is 0 Å². The molecule has 1 unspecified atom stereocenters. The van der Waals surface area contributed by atoms with E-state index in [9.17, 15) is 8.42 Å². The van der Waals surface area contributed by atoms with Crippen LogP contribution in [0.5, 0.6) is 11.5 Å². The number of hydrogen-bond acceptors (Lipinski definition) is 5. The van der Waals surface area contributed by atoms with E-state index in [0.717, 1.165) is 24.9 Å². The zero-order valence-electron chi connectivity index (χ0n) is 18.6. The monoisotopic (exact) mass is 433 g/mol. The number of sulfone groups is 1. The summed E-state index contributed by atoms with van der Waals surface area (Å²) in [4.78, 5) is 0. The first-order valence-corrected chi connectivity index (χ1v) is 12.4. The first kappa shape index (κ1) is 24.2. The minimum Gasteiger partial charge on any atom is -0.493 e. The fourth-order valence-corrected chi connectivity index (χ4v) is 4.36. The molecule has 0 heterocycles. The molecule has 0 aliphatic rings. The standard InChI is InChI=1S/C24H35NO4S/c1-5-14-25-22(18-30(26,27)19(2)3)16-21-11-12-23(28-4)24(17-21)29-15-13-20-9-7-6-8-10-20/h6-12,17,19,22,25H,5,13-16,18H2,1-4H3. The van der Waals surface area contributed by atoms with Gasteiger partial charge in [0.2, 0.25) is 0 Å². The number of ether oxygens (including phenoxy) is 2. The van der Waals surface area contributed by atoms with Crippen molar-refractivity contribution in [2.75, 3.05) is 26.0 Å². The van der Waals surface area contributed by atoms with Gasteiger partial charge in [0.1, 0.15) is 0 Å². The van der Waals surface area contributed by atoms with Gasteiger partial charge in [-0.05, 0) is 56.5 Å². The Hall–Kier alpha value is -2.05. The maximum absolute atomic E-state index is 12.5. The predicted molar refractivity (Wildman–Crippen MR) is 123 cm³/mol. The SMILES string of the molecule is CCCNC(Cc1ccc(OC)c(OCCc2ccccc2)c1)CS(=O)(=O)C(C)C. The molecular weight excluding hydrogens is 398 g/mol. The number of methoxy groups -OCH3 is 1. The maximum atomic E-state index is 12.5. The summed E-state index contributed by atoms with van der Waals surface area (Å²) in [6.07, 6.45) is 2.38. The molecular formula is C24H35NO4S. The zero-order chi connectivity index (χ0) is 22.0. The quantitative estimate of drug-likeness (QED) is 0.516. The Labute approximate surface area is 181 Å². The molecule has 5 nitrogen and oxygen atoms in total. The highest BCUT2D eigenvalue weighted by atomic mass is 32.2. The van der Waals surface area contributed by atoms with Crippen molar-refractivity contribution < 1.29 is 17.9 Å². The third kappa shape index (κ3) is 7.65. The van der Waals surface area contributed by atoms with Crippen LogP contribution in [0.1, 0.15) is 38.3 Å². The van der Waals surface area contributed by atoms with Crippen LogP contribution in [0.3, 0.4) is 0 Å². The van der Waals surface area contributed by atoms with Gasteiger partial charge in [0.05, 0.1) is 24.7 Å². The molecule has 2 aromatic carbocycles. The van der Waals surface area contributed by atoms with E-state index in [-0.39, 0.29) is 17.0 Å². The number of hydrogen-bond donors (Lipinski definition) is 1. The topological polar surface area (TPSA) is 64.6 Å². The highest BCUT2D eigenvalue weighted by Gasteiger charge is 2.22. The van der Waals surface area contributed by atoms with Crippen molar-refractivity contribution in [1.29, 1.82) is 0 Å². The number of benzene rings is 2. The van der Waals surface area contributed by atoms with Crippen LogP contribution in [-0.2, 0) is 22.7 Å². The maximum Gasteiger partial charge on any atom is 0.161 e. The van der Waals surface area contributed by atoms with E-state index in [0.29, 0.717) is 24.5 Å². The molecule has 2 rings (SSSR count). The highest BCUT2D eigenvalue weighted by molar-refractivity contribution is 7.92. The van der Waals surface area contributed by atoms with Crippen molar-refractivity contribution in [2.45, 2.75) is 51.3 Å². The second-order valence-corrected chi connectivity index (χ2v) is 10.4. The zero-order valence-corrected chi connectivity index (χ0v) is 19.4. The summed E-state index contributed by atoms with van der Waals surface area (Å²) in [6.45, 7) is 6.88. The Kier molecular flexibility index (Phi) is 9.66. The van der Waals surface area contributed by atoms with Gasteiger partial charge < -0.3 is 14.8 Å². The van der Waals surface area contributed by atoms with Crippen LogP contribution in [0, 0.1) is 0 Å². The third-order valence-corrected chi connectivity index (χ3v) is 7.34. The molecule has 0 saturated carbocycles. The summed E-state index contributed by atoms with van der Waals surface area (Å²) in [5.41, 5.74) is 2.24. The van der Waals surface area contributed by atoms with Gasteiger partial charge in [-0.15, -0.1) is 0 Å². The van der Waals surface area contributed by atoms with Crippen LogP contribution in [0.15, 0.2) is 48.5 Å². The molecule has 0 bridgehead atoms. The Bertz CT molecular complexity index is 866. The smallest absolute Gasteiger partial charge is 0.161 e. The minimum absolute atomic E-state index is 0.126. The molecule has 1 atom stereocenters. The van der Waals surface area contributed by atoms with E-state index in [1.165, 1.54) is 5.56 Å². The van der Waals surface area contributed by atoms with Crippen molar-refractivity contribution in [3.63, 3.8) is 0 Å². The minimum atomic E-state index is -3.13. The normalized spacial score (nSPS) is 12.7. The van der Waals surface area contributed by atoms with E-state index >= 15 is 0 Å². The van der Waals surface area contributed by atoms with Gasteiger partial charge in [-0.25, -0.2) is 8.42 Å². The molecule has 6 heteroatoms. The van der Waals surface area contributed by atoms with Gasteiger partial charge in [-0.1, -0.05) is 43.3 Å². The Morgan fingerprint density at radius 2 is 1.73 bits per heavy atom. The average molecular weight is 434 g/mol. The molecule has 0 fully saturated rings. The first-order chi connectivity index (χ1) is 14.4. The van der Waals surface area contributed by atoms with Gasteiger partial charge in [0.25, 0.3) is 0 Å². The molecule has 30 heavy (non-hydrogen) atoms. The average Bonchev–Trinajstić information content (AvgIpc) is 2.72. The molecule has 0 radical (unpaired) electrons. The molecule has 166 valence electrons. The Morgan fingerprint density at radius 1 is 1.00 bits per heavy atom. The molecule has 0 spiro atoms. The lowest BCUT2D eigenvalue weighted by Crippen LogP contribution is -2.39. The van der Waals surface area contributed by atoms with Crippen LogP contribution in [0.4, 0.5) is 0 Å².